The lowest BCUT2D eigenvalue weighted by atomic mass is 10.2. The summed E-state index contributed by atoms with van der Waals surface area (Å²) in [5, 5.41) is 14.0. The minimum absolute atomic E-state index is 0.0139. The molecule has 1 atom stereocenters. The third-order valence-electron chi connectivity index (χ3n) is 1.91. The highest BCUT2D eigenvalue weighted by Crippen LogP contribution is 2.08. The number of thiophene rings is 1. The van der Waals surface area contributed by atoms with Gasteiger partial charge in [-0.15, -0.1) is 11.3 Å². The average molecular weight is 194 g/mol. The van der Waals surface area contributed by atoms with E-state index in [1.807, 2.05) is 6.92 Å². The molecule has 13 heavy (non-hydrogen) atoms. The Morgan fingerprint density at radius 1 is 1.69 bits per heavy atom. The summed E-state index contributed by atoms with van der Waals surface area (Å²) in [6.45, 7) is 2.92. The predicted molar refractivity (Wildman–Crippen MR) is 55.7 cm³/mol. The summed E-state index contributed by atoms with van der Waals surface area (Å²) < 4.78 is 0. The Bertz CT molecular complexity index is 261. The van der Waals surface area contributed by atoms with E-state index < -0.39 is 0 Å². The molecule has 1 N–H and O–H groups in total. The second-order valence-electron chi connectivity index (χ2n) is 2.87. The molecule has 1 aromatic heterocycles. The van der Waals surface area contributed by atoms with Gasteiger partial charge in [0.15, 0.2) is 0 Å². The first-order valence-corrected chi connectivity index (χ1v) is 5.40. The summed E-state index contributed by atoms with van der Waals surface area (Å²) >= 11 is 1.77. The topological polar surface area (TPSA) is 35.8 Å². The lowest BCUT2D eigenvalue weighted by Gasteiger charge is -2.07. The molecule has 0 saturated carbocycles. The Morgan fingerprint density at radius 3 is 3.08 bits per heavy atom. The van der Waals surface area contributed by atoms with E-state index in [4.69, 9.17) is 5.26 Å². The summed E-state index contributed by atoms with van der Waals surface area (Å²) in [5.74, 6) is 0. The van der Waals surface area contributed by atoms with Gasteiger partial charge in [0.2, 0.25) is 0 Å². The van der Waals surface area contributed by atoms with Crippen LogP contribution in [-0.2, 0) is 6.42 Å². The molecular formula is C10H14N2S. The standard InChI is InChI=1S/C10H14N2S/c1-2-9(8-11)12-6-5-10-4-3-7-13-10/h3-4,7,9,12H,2,5-6H2,1H3. The van der Waals surface area contributed by atoms with Crippen molar-refractivity contribution in [1.29, 1.82) is 5.26 Å². The van der Waals surface area contributed by atoms with E-state index in [0.29, 0.717) is 0 Å². The Hall–Kier alpha value is -0.850. The lowest BCUT2D eigenvalue weighted by Crippen LogP contribution is -2.28. The summed E-state index contributed by atoms with van der Waals surface area (Å²) in [6.07, 6.45) is 1.90. The molecule has 1 heterocycles. The third kappa shape index (κ3) is 3.58. The van der Waals surface area contributed by atoms with E-state index in [1.54, 1.807) is 11.3 Å². The molecule has 1 rings (SSSR count). The van der Waals surface area contributed by atoms with E-state index in [2.05, 4.69) is 28.9 Å². The molecule has 2 nitrogen and oxygen atoms in total. The first-order chi connectivity index (χ1) is 6.36. The number of hydrogen-bond donors (Lipinski definition) is 1. The monoisotopic (exact) mass is 194 g/mol. The van der Waals surface area contributed by atoms with Crippen LogP contribution in [0.25, 0.3) is 0 Å². The number of hydrogen-bond acceptors (Lipinski definition) is 3. The van der Waals surface area contributed by atoms with Crippen molar-refractivity contribution in [2.75, 3.05) is 6.54 Å². The van der Waals surface area contributed by atoms with Crippen LogP contribution >= 0.6 is 11.3 Å². The highest BCUT2D eigenvalue weighted by Gasteiger charge is 2.01. The van der Waals surface area contributed by atoms with E-state index in [0.717, 1.165) is 19.4 Å². The first kappa shape index (κ1) is 10.2. The molecule has 0 fully saturated rings. The molecule has 1 unspecified atom stereocenters. The van der Waals surface area contributed by atoms with Crippen LogP contribution in [0.4, 0.5) is 0 Å². The van der Waals surface area contributed by atoms with Gasteiger partial charge in [0, 0.05) is 11.4 Å². The van der Waals surface area contributed by atoms with Crippen molar-refractivity contribution in [3.05, 3.63) is 22.4 Å². The van der Waals surface area contributed by atoms with E-state index in [-0.39, 0.29) is 6.04 Å². The van der Waals surface area contributed by atoms with Gasteiger partial charge in [-0.1, -0.05) is 13.0 Å². The molecule has 0 aromatic carbocycles. The maximum atomic E-state index is 8.67. The van der Waals surface area contributed by atoms with E-state index in [1.165, 1.54) is 4.88 Å². The van der Waals surface area contributed by atoms with E-state index in [9.17, 15) is 0 Å². The molecule has 0 spiro atoms. The molecule has 0 bridgehead atoms. The third-order valence-corrected chi connectivity index (χ3v) is 2.84. The summed E-state index contributed by atoms with van der Waals surface area (Å²) in [5.41, 5.74) is 0. The molecule has 3 heteroatoms. The summed E-state index contributed by atoms with van der Waals surface area (Å²) in [7, 11) is 0. The summed E-state index contributed by atoms with van der Waals surface area (Å²) in [4.78, 5) is 1.38. The van der Waals surface area contributed by atoms with Crippen molar-refractivity contribution in [2.45, 2.75) is 25.8 Å². The molecular weight excluding hydrogens is 180 g/mol. The Labute approximate surface area is 83.2 Å². The van der Waals surface area contributed by atoms with Gasteiger partial charge in [-0.25, -0.2) is 0 Å². The largest absolute Gasteiger partial charge is 0.302 e. The van der Waals surface area contributed by atoms with Crippen molar-refractivity contribution in [3.8, 4) is 6.07 Å². The van der Waals surface area contributed by atoms with Crippen molar-refractivity contribution in [2.24, 2.45) is 0 Å². The molecule has 70 valence electrons. The summed E-state index contributed by atoms with van der Waals surface area (Å²) in [6, 6.07) is 6.42. The number of nitriles is 1. The van der Waals surface area contributed by atoms with Gasteiger partial charge in [-0.2, -0.15) is 5.26 Å². The van der Waals surface area contributed by atoms with Gasteiger partial charge in [0.25, 0.3) is 0 Å². The van der Waals surface area contributed by atoms with Gasteiger partial charge in [-0.3, -0.25) is 0 Å². The van der Waals surface area contributed by atoms with Gasteiger partial charge < -0.3 is 5.32 Å². The Balaban J connectivity index is 2.18. The van der Waals surface area contributed by atoms with Crippen LogP contribution in [0.3, 0.4) is 0 Å². The zero-order valence-corrected chi connectivity index (χ0v) is 8.60. The van der Waals surface area contributed by atoms with Crippen LogP contribution in [0.5, 0.6) is 0 Å². The Kier molecular flexibility index (Phi) is 4.52. The fraction of sp³-hybridized carbons (Fsp3) is 0.500. The fourth-order valence-corrected chi connectivity index (χ4v) is 1.81. The van der Waals surface area contributed by atoms with Crippen LogP contribution in [0.15, 0.2) is 17.5 Å². The highest BCUT2D eigenvalue weighted by molar-refractivity contribution is 7.09. The normalized spacial score (nSPS) is 12.3. The smallest absolute Gasteiger partial charge is 0.0950 e. The zero-order chi connectivity index (χ0) is 9.52. The molecule has 0 amide bonds. The zero-order valence-electron chi connectivity index (χ0n) is 7.79. The van der Waals surface area contributed by atoms with E-state index >= 15 is 0 Å². The van der Waals surface area contributed by atoms with Crippen LogP contribution in [0.2, 0.25) is 0 Å². The molecule has 0 aliphatic heterocycles. The highest BCUT2D eigenvalue weighted by atomic mass is 32.1. The second kappa shape index (κ2) is 5.74. The predicted octanol–water partition coefficient (Wildman–Crippen LogP) is 2.18. The average Bonchev–Trinajstić information content (AvgIpc) is 2.65. The molecule has 0 radical (unpaired) electrons. The van der Waals surface area contributed by atoms with Crippen molar-refractivity contribution < 1.29 is 0 Å². The van der Waals surface area contributed by atoms with Crippen LogP contribution in [-0.4, -0.2) is 12.6 Å². The number of nitrogens with zero attached hydrogens (tertiary/aromatic N) is 1. The molecule has 0 aliphatic carbocycles. The fourth-order valence-electron chi connectivity index (χ4n) is 1.11. The van der Waals surface area contributed by atoms with Crippen molar-refractivity contribution >= 4 is 11.3 Å². The van der Waals surface area contributed by atoms with Crippen molar-refractivity contribution in [3.63, 3.8) is 0 Å². The second-order valence-corrected chi connectivity index (χ2v) is 3.91. The quantitative estimate of drug-likeness (QED) is 0.780. The molecule has 0 aliphatic rings. The van der Waals surface area contributed by atoms with Crippen LogP contribution in [0.1, 0.15) is 18.2 Å². The maximum Gasteiger partial charge on any atom is 0.0950 e. The maximum absolute atomic E-state index is 8.67. The molecule has 1 aromatic rings. The van der Waals surface area contributed by atoms with Gasteiger partial charge in [-0.05, 0) is 24.3 Å². The Morgan fingerprint density at radius 2 is 2.54 bits per heavy atom. The van der Waals surface area contributed by atoms with Crippen LogP contribution < -0.4 is 5.32 Å². The van der Waals surface area contributed by atoms with Gasteiger partial charge >= 0.3 is 0 Å². The lowest BCUT2D eigenvalue weighted by molar-refractivity contribution is 0.590. The number of nitrogens with one attached hydrogen (secondary N) is 1. The van der Waals surface area contributed by atoms with Gasteiger partial charge in [0.05, 0.1) is 12.1 Å². The first-order valence-electron chi connectivity index (χ1n) is 4.52. The molecule has 0 saturated heterocycles. The number of rotatable bonds is 5. The van der Waals surface area contributed by atoms with Gasteiger partial charge in [0.1, 0.15) is 0 Å². The van der Waals surface area contributed by atoms with Crippen LogP contribution in [0, 0.1) is 11.3 Å². The van der Waals surface area contributed by atoms with Crippen molar-refractivity contribution in [1.82, 2.24) is 5.32 Å². The minimum Gasteiger partial charge on any atom is -0.302 e. The minimum atomic E-state index is 0.0139. The SMILES string of the molecule is CCC(C#N)NCCc1cccs1.